The van der Waals surface area contributed by atoms with E-state index in [1.54, 1.807) is 6.20 Å². The van der Waals surface area contributed by atoms with Crippen molar-refractivity contribution in [3.05, 3.63) is 18.5 Å². The van der Waals surface area contributed by atoms with Crippen molar-refractivity contribution in [2.75, 3.05) is 30.7 Å². The van der Waals surface area contributed by atoms with Gasteiger partial charge >= 0.3 is 0 Å². The molecule has 0 spiro atoms. The van der Waals surface area contributed by atoms with Gasteiger partial charge in [-0.3, -0.25) is 4.98 Å². The lowest BCUT2D eigenvalue weighted by Gasteiger charge is -2.45. The van der Waals surface area contributed by atoms with Crippen LogP contribution in [0.2, 0.25) is 0 Å². The molecule has 0 radical (unpaired) electrons. The Kier molecular flexibility index (Phi) is 2.44. The average Bonchev–Trinajstić information content (AvgIpc) is 2.30. The highest BCUT2D eigenvalue weighted by molar-refractivity contribution is 5.51. The number of nitrogens with two attached hydrogens (primary N) is 1. The summed E-state index contributed by atoms with van der Waals surface area (Å²) >= 11 is 0. The molecular weight excluding hydrogens is 200 g/mol. The number of aromatic nitrogens is 1. The summed E-state index contributed by atoms with van der Waals surface area (Å²) < 4.78 is 0. The van der Waals surface area contributed by atoms with Crippen LogP contribution in [0, 0.1) is 5.92 Å². The Bertz CT molecular complexity index is 371. The van der Waals surface area contributed by atoms with E-state index in [1.807, 2.05) is 12.3 Å². The lowest BCUT2D eigenvalue weighted by atomic mass is 9.84. The van der Waals surface area contributed by atoms with Crippen molar-refractivity contribution in [3.8, 4) is 0 Å². The molecular formula is C12H18N4. The van der Waals surface area contributed by atoms with Crippen LogP contribution in [0.4, 0.5) is 11.4 Å². The first-order valence-corrected chi connectivity index (χ1v) is 6.01. The molecule has 1 unspecified atom stereocenters. The van der Waals surface area contributed by atoms with Crippen molar-refractivity contribution in [2.45, 2.75) is 18.9 Å². The van der Waals surface area contributed by atoms with E-state index in [-0.39, 0.29) is 0 Å². The Morgan fingerprint density at radius 3 is 2.75 bits per heavy atom. The molecule has 4 heterocycles. The maximum absolute atomic E-state index is 5.73. The van der Waals surface area contributed by atoms with Gasteiger partial charge in [0.2, 0.25) is 0 Å². The zero-order valence-electron chi connectivity index (χ0n) is 9.39. The van der Waals surface area contributed by atoms with Gasteiger partial charge in [0.25, 0.3) is 0 Å². The molecule has 3 aliphatic rings. The monoisotopic (exact) mass is 218 g/mol. The zero-order valence-corrected chi connectivity index (χ0v) is 9.39. The van der Waals surface area contributed by atoms with Gasteiger partial charge in [0, 0.05) is 18.8 Å². The predicted octanol–water partition coefficient (Wildman–Crippen LogP) is 1.17. The first kappa shape index (κ1) is 9.90. The van der Waals surface area contributed by atoms with E-state index in [0.29, 0.717) is 6.04 Å². The Balaban J connectivity index is 1.71. The van der Waals surface area contributed by atoms with Crippen LogP contribution in [0.3, 0.4) is 0 Å². The summed E-state index contributed by atoms with van der Waals surface area (Å²) in [5.74, 6) is 0.825. The third-order valence-corrected chi connectivity index (χ3v) is 3.77. The van der Waals surface area contributed by atoms with Crippen molar-refractivity contribution in [1.29, 1.82) is 0 Å². The third kappa shape index (κ3) is 1.85. The van der Waals surface area contributed by atoms with E-state index >= 15 is 0 Å². The van der Waals surface area contributed by atoms with Crippen LogP contribution in [0.25, 0.3) is 0 Å². The SMILES string of the molecule is Nc1cncc(NC2CN3CCC2CC3)c1. The van der Waals surface area contributed by atoms with Crippen LogP contribution in [0.1, 0.15) is 12.8 Å². The number of pyridine rings is 1. The molecule has 1 aromatic rings. The lowest BCUT2D eigenvalue weighted by Crippen LogP contribution is -2.53. The van der Waals surface area contributed by atoms with Gasteiger partial charge in [-0.2, -0.15) is 0 Å². The highest BCUT2D eigenvalue weighted by Gasteiger charge is 2.33. The van der Waals surface area contributed by atoms with Gasteiger partial charge in [-0.25, -0.2) is 0 Å². The number of hydrogen-bond acceptors (Lipinski definition) is 4. The molecule has 0 aliphatic carbocycles. The van der Waals surface area contributed by atoms with Crippen LogP contribution in [0.15, 0.2) is 18.5 Å². The van der Waals surface area contributed by atoms with E-state index in [2.05, 4.69) is 15.2 Å². The van der Waals surface area contributed by atoms with Crippen LogP contribution in [-0.4, -0.2) is 35.6 Å². The minimum absolute atomic E-state index is 0.575. The van der Waals surface area contributed by atoms with Crippen molar-refractivity contribution < 1.29 is 0 Å². The summed E-state index contributed by atoms with van der Waals surface area (Å²) in [5.41, 5.74) is 7.51. The number of hydrogen-bond donors (Lipinski definition) is 2. The van der Waals surface area contributed by atoms with E-state index in [4.69, 9.17) is 5.73 Å². The van der Waals surface area contributed by atoms with Crippen molar-refractivity contribution >= 4 is 11.4 Å². The van der Waals surface area contributed by atoms with Gasteiger partial charge in [0.1, 0.15) is 0 Å². The lowest BCUT2D eigenvalue weighted by molar-refractivity contribution is 0.0975. The number of nitrogen functional groups attached to an aromatic ring is 1. The quantitative estimate of drug-likeness (QED) is 0.782. The second kappa shape index (κ2) is 3.94. The Morgan fingerprint density at radius 1 is 1.31 bits per heavy atom. The maximum Gasteiger partial charge on any atom is 0.0550 e. The summed E-state index contributed by atoms with van der Waals surface area (Å²) in [5, 5.41) is 3.57. The van der Waals surface area contributed by atoms with Crippen LogP contribution in [-0.2, 0) is 0 Å². The zero-order chi connectivity index (χ0) is 11.0. The predicted molar refractivity (Wildman–Crippen MR) is 65.2 cm³/mol. The summed E-state index contributed by atoms with van der Waals surface area (Å²) in [6, 6.07) is 2.54. The highest BCUT2D eigenvalue weighted by Crippen LogP contribution is 2.29. The van der Waals surface area contributed by atoms with Crippen molar-refractivity contribution in [1.82, 2.24) is 9.88 Å². The number of anilines is 2. The molecule has 1 aromatic heterocycles. The Morgan fingerprint density at radius 2 is 2.12 bits per heavy atom. The Labute approximate surface area is 95.8 Å². The molecule has 3 aliphatic heterocycles. The molecule has 4 heteroatoms. The third-order valence-electron chi connectivity index (χ3n) is 3.77. The van der Waals surface area contributed by atoms with Crippen LogP contribution < -0.4 is 11.1 Å². The molecule has 0 amide bonds. The minimum atomic E-state index is 0.575. The number of nitrogens with one attached hydrogen (secondary N) is 1. The summed E-state index contributed by atoms with van der Waals surface area (Å²) in [6.45, 7) is 3.72. The second-order valence-corrected chi connectivity index (χ2v) is 4.90. The average molecular weight is 218 g/mol. The molecule has 16 heavy (non-hydrogen) atoms. The topological polar surface area (TPSA) is 54.2 Å². The number of rotatable bonds is 2. The van der Waals surface area contributed by atoms with Gasteiger partial charge in [-0.15, -0.1) is 0 Å². The summed E-state index contributed by atoms with van der Waals surface area (Å²) in [6.07, 6.45) is 6.19. The first-order chi connectivity index (χ1) is 7.81. The van der Waals surface area contributed by atoms with Gasteiger partial charge in [0.05, 0.1) is 17.6 Å². The smallest absolute Gasteiger partial charge is 0.0550 e. The van der Waals surface area contributed by atoms with Crippen LogP contribution >= 0.6 is 0 Å². The molecule has 1 atom stereocenters. The van der Waals surface area contributed by atoms with E-state index in [0.717, 1.165) is 17.3 Å². The molecule has 4 nitrogen and oxygen atoms in total. The normalized spacial score (nSPS) is 32.6. The first-order valence-electron chi connectivity index (χ1n) is 6.01. The van der Waals surface area contributed by atoms with Gasteiger partial charge in [-0.1, -0.05) is 0 Å². The standard InChI is InChI=1S/C12H18N4/c13-10-5-11(7-14-6-10)15-12-8-16-3-1-9(12)2-4-16/h5-7,9,12,15H,1-4,8,13H2. The molecule has 4 rings (SSSR count). The fourth-order valence-corrected chi connectivity index (χ4v) is 2.88. The molecule has 0 saturated carbocycles. The van der Waals surface area contributed by atoms with Gasteiger partial charge in [0.15, 0.2) is 0 Å². The molecule has 86 valence electrons. The molecule has 3 fully saturated rings. The van der Waals surface area contributed by atoms with Gasteiger partial charge < -0.3 is 16.0 Å². The second-order valence-electron chi connectivity index (χ2n) is 4.90. The van der Waals surface area contributed by atoms with E-state index in [9.17, 15) is 0 Å². The van der Waals surface area contributed by atoms with Crippen LogP contribution in [0.5, 0.6) is 0 Å². The molecule has 2 bridgehead atoms. The number of fused-ring (bicyclic) bond motifs is 3. The molecule has 3 N–H and O–H groups in total. The molecule has 0 aromatic carbocycles. The fourth-order valence-electron chi connectivity index (χ4n) is 2.88. The number of nitrogens with zero attached hydrogens (tertiary/aromatic N) is 2. The fraction of sp³-hybridized carbons (Fsp3) is 0.583. The maximum atomic E-state index is 5.73. The van der Waals surface area contributed by atoms with Crippen molar-refractivity contribution in [3.63, 3.8) is 0 Å². The Hall–Kier alpha value is -1.29. The van der Waals surface area contributed by atoms with Gasteiger partial charge in [-0.05, 0) is 37.9 Å². The summed E-state index contributed by atoms with van der Waals surface area (Å²) in [4.78, 5) is 6.65. The number of piperidine rings is 3. The van der Waals surface area contributed by atoms with Crippen molar-refractivity contribution in [2.24, 2.45) is 5.92 Å². The molecule has 3 saturated heterocycles. The highest BCUT2D eigenvalue weighted by atomic mass is 15.2. The van der Waals surface area contributed by atoms with E-state index < -0.39 is 0 Å². The van der Waals surface area contributed by atoms with E-state index in [1.165, 1.54) is 32.5 Å². The largest absolute Gasteiger partial charge is 0.397 e. The minimum Gasteiger partial charge on any atom is -0.397 e. The summed E-state index contributed by atoms with van der Waals surface area (Å²) in [7, 11) is 0.